The van der Waals surface area contributed by atoms with Crippen LogP contribution in [-0.4, -0.2) is 46.7 Å². The summed E-state index contributed by atoms with van der Waals surface area (Å²) in [6, 6.07) is 9.89. The van der Waals surface area contributed by atoms with Gasteiger partial charge in [-0.2, -0.15) is 0 Å². The van der Waals surface area contributed by atoms with E-state index in [0.717, 1.165) is 21.7 Å². The van der Waals surface area contributed by atoms with Crippen molar-refractivity contribution in [3.63, 3.8) is 0 Å². The zero-order chi connectivity index (χ0) is 15.4. The number of carbonyl (C=O) groups excluding carboxylic acids is 1. The van der Waals surface area contributed by atoms with Gasteiger partial charge in [0, 0.05) is 24.7 Å². The number of rotatable bonds is 3. The molecule has 1 aromatic heterocycles. The maximum absolute atomic E-state index is 12.5. The lowest BCUT2D eigenvalue weighted by molar-refractivity contribution is -0.129. The first kappa shape index (κ1) is 14.9. The smallest absolute Gasteiger partial charge is 0.247 e. The minimum Gasteiger partial charge on any atom is -0.378 e. The van der Waals surface area contributed by atoms with Crippen LogP contribution in [-0.2, 0) is 9.53 Å². The van der Waals surface area contributed by atoms with Gasteiger partial charge in [-0.25, -0.2) is 0 Å². The molecule has 114 valence electrons. The Morgan fingerprint density at radius 3 is 2.64 bits per heavy atom. The molecule has 1 saturated heterocycles. The van der Waals surface area contributed by atoms with Crippen LogP contribution in [0.5, 0.6) is 0 Å². The molecule has 0 saturated carbocycles. The summed E-state index contributed by atoms with van der Waals surface area (Å²) in [7, 11) is 0. The standard InChI is InChI=1S/C16H17N3O2S/c1-12-16(22-18-17-12)14(13-5-3-2-4-6-13)11-15(20)19-7-9-21-10-8-19/h2-6,11H,7-10H2,1H3/b14-11-. The second-order valence-electron chi connectivity index (χ2n) is 5.05. The summed E-state index contributed by atoms with van der Waals surface area (Å²) in [4.78, 5) is 15.3. The molecule has 1 fully saturated rings. The van der Waals surface area contributed by atoms with Crippen molar-refractivity contribution >= 4 is 23.0 Å². The molecule has 1 aliphatic rings. The molecule has 3 rings (SSSR count). The Morgan fingerprint density at radius 1 is 1.27 bits per heavy atom. The van der Waals surface area contributed by atoms with E-state index in [1.165, 1.54) is 11.5 Å². The highest BCUT2D eigenvalue weighted by Crippen LogP contribution is 2.28. The normalized spacial score (nSPS) is 15.9. The molecule has 2 heterocycles. The lowest BCUT2D eigenvalue weighted by Gasteiger charge is -2.26. The zero-order valence-electron chi connectivity index (χ0n) is 12.4. The summed E-state index contributed by atoms with van der Waals surface area (Å²) >= 11 is 1.32. The van der Waals surface area contributed by atoms with E-state index in [4.69, 9.17) is 4.74 Å². The van der Waals surface area contributed by atoms with Crippen LogP contribution in [0.3, 0.4) is 0 Å². The van der Waals surface area contributed by atoms with Gasteiger partial charge in [0.25, 0.3) is 0 Å². The molecule has 1 amide bonds. The Hall–Kier alpha value is -2.05. The first-order valence-electron chi connectivity index (χ1n) is 7.19. The summed E-state index contributed by atoms with van der Waals surface area (Å²) in [5.41, 5.74) is 2.72. The van der Waals surface area contributed by atoms with E-state index in [1.54, 1.807) is 6.08 Å². The molecule has 1 aromatic carbocycles. The summed E-state index contributed by atoms with van der Waals surface area (Å²) in [5.74, 6) is 0.00922. The Bertz CT molecular complexity index is 676. The van der Waals surface area contributed by atoms with Gasteiger partial charge in [0.15, 0.2) is 0 Å². The number of ether oxygens (including phenoxy) is 1. The monoisotopic (exact) mass is 315 g/mol. The van der Waals surface area contributed by atoms with Gasteiger partial charge in [0.05, 0.1) is 23.8 Å². The van der Waals surface area contributed by atoms with Gasteiger partial charge < -0.3 is 9.64 Å². The molecular weight excluding hydrogens is 298 g/mol. The number of aromatic nitrogens is 2. The van der Waals surface area contributed by atoms with Crippen LogP contribution in [0.15, 0.2) is 36.4 Å². The van der Waals surface area contributed by atoms with Crippen LogP contribution in [0.4, 0.5) is 0 Å². The van der Waals surface area contributed by atoms with E-state index in [9.17, 15) is 4.79 Å². The fourth-order valence-electron chi connectivity index (χ4n) is 2.37. The van der Waals surface area contributed by atoms with E-state index in [0.29, 0.717) is 26.3 Å². The fourth-order valence-corrected chi connectivity index (χ4v) is 3.07. The number of aryl methyl sites for hydroxylation is 1. The molecule has 6 heteroatoms. The van der Waals surface area contributed by atoms with Gasteiger partial charge in [-0.05, 0) is 24.0 Å². The van der Waals surface area contributed by atoms with Gasteiger partial charge in [-0.1, -0.05) is 34.8 Å². The lowest BCUT2D eigenvalue weighted by atomic mass is 10.0. The van der Waals surface area contributed by atoms with Crippen molar-refractivity contribution in [3.8, 4) is 0 Å². The number of morpholine rings is 1. The zero-order valence-corrected chi connectivity index (χ0v) is 13.2. The summed E-state index contributed by atoms with van der Waals surface area (Å²) in [5, 5.41) is 4.07. The third-order valence-electron chi connectivity index (χ3n) is 3.57. The molecule has 0 bridgehead atoms. The van der Waals surface area contributed by atoms with Gasteiger partial charge in [-0.15, -0.1) is 5.10 Å². The molecule has 0 N–H and O–H groups in total. The van der Waals surface area contributed by atoms with Crippen molar-refractivity contribution in [2.24, 2.45) is 0 Å². The number of carbonyl (C=O) groups is 1. The topological polar surface area (TPSA) is 55.3 Å². The van der Waals surface area contributed by atoms with Crippen molar-refractivity contribution in [3.05, 3.63) is 52.5 Å². The van der Waals surface area contributed by atoms with Crippen LogP contribution in [0, 0.1) is 6.92 Å². The van der Waals surface area contributed by atoms with Gasteiger partial charge in [0.2, 0.25) is 5.91 Å². The minimum atomic E-state index is 0.00922. The first-order chi connectivity index (χ1) is 10.8. The maximum atomic E-state index is 12.5. The summed E-state index contributed by atoms with van der Waals surface area (Å²) in [6.45, 7) is 4.38. The first-order valence-corrected chi connectivity index (χ1v) is 7.96. The average Bonchev–Trinajstić information content (AvgIpc) is 3.00. The molecule has 0 spiro atoms. The summed E-state index contributed by atoms with van der Waals surface area (Å²) in [6.07, 6.45) is 1.70. The van der Waals surface area contributed by atoms with Crippen LogP contribution in [0.2, 0.25) is 0 Å². The minimum absolute atomic E-state index is 0.00922. The van der Waals surface area contributed by atoms with Gasteiger partial charge in [0.1, 0.15) is 0 Å². The maximum Gasteiger partial charge on any atom is 0.247 e. The Kier molecular flexibility index (Phi) is 4.60. The number of amides is 1. The number of hydrogen-bond donors (Lipinski definition) is 0. The van der Waals surface area contributed by atoms with Gasteiger partial charge in [-0.3, -0.25) is 4.79 Å². The van der Waals surface area contributed by atoms with Crippen LogP contribution in [0.25, 0.3) is 5.57 Å². The van der Waals surface area contributed by atoms with Crippen molar-refractivity contribution in [2.75, 3.05) is 26.3 Å². The Balaban J connectivity index is 1.96. The molecular formula is C16H17N3O2S. The lowest BCUT2D eigenvalue weighted by Crippen LogP contribution is -2.39. The van der Waals surface area contributed by atoms with E-state index in [1.807, 2.05) is 42.2 Å². The molecule has 0 aliphatic carbocycles. The van der Waals surface area contributed by atoms with Crippen molar-refractivity contribution in [1.29, 1.82) is 0 Å². The van der Waals surface area contributed by atoms with Crippen molar-refractivity contribution < 1.29 is 9.53 Å². The second-order valence-corrected chi connectivity index (χ2v) is 5.80. The third kappa shape index (κ3) is 3.23. The van der Waals surface area contributed by atoms with E-state index in [2.05, 4.69) is 9.59 Å². The quantitative estimate of drug-likeness (QED) is 0.814. The van der Waals surface area contributed by atoms with E-state index in [-0.39, 0.29) is 5.91 Å². The largest absolute Gasteiger partial charge is 0.378 e. The van der Waals surface area contributed by atoms with Crippen molar-refractivity contribution in [2.45, 2.75) is 6.92 Å². The average molecular weight is 315 g/mol. The Morgan fingerprint density at radius 2 is 2.00 bits per heavy atom. The molecule has 1 aliphatic heterocycles. The van der Waals surface area contributed by atoms with Crippen LogP contribution < -0.4 is 0 Å². The number of nitrogens with zero attached hydrogens (tertiary/aromatic N) is 3. The highest BCUT2D eigenvalue weighted by molar-refractivity contribution is 7.07. The predicted molar refractivity (Wildman–Crippen MR) is 85.6 cm³/mol. The SMILES string of the molecule is Cc1nnsc1/C(=C\C(=O)N1CCOCC1)c1ccccc1. The van der Waals surface area contributed by atoms with E-state index < -0.39 is 0 Å². The van der Waals surface area contributed by atoms with Gasteiger partial charge >= 0.3 is 0 Å². The highest BCUT2D eigenvalue weighted by Gasteiger charge is 2.18. The number of benzene rings is 1. The molecule has 22 heavy (non-hydrogen) atoms. The molecule has 0 radical (unpaired) electrons. The molecule has 0 atom stereocenters. The molecule has 2 aromatic rings. The second kappa shape index (κ2) is 6.81. The summed E-state index contributed by atoms with van der Waals surface area (Å²) < 4.78 is 9.29. The van der Waals surface area contributed by atoms with Crippen LogP contribution >= 0.6 is 11.5 Å². The van der Waals surface area contributed by atoms with Crippen molar-refractivity contribution in [1.82, 2.24) is 14.5 Å². The fraction of sp³-hybridized carbons (Fsp3) is 0.312. The van der Waals surface area contributed by atoms with Crippen LogP contribution in [0.1, 0.15) is 16.1 Å². The third-order valence-corrected chi connectivity index (χ3v) is 4.43. The predicted octanol–water partition coefficient (Wildman–Crippen LogP) is 2.14. The van der Waals surface area contributed by atoms with E-state index >= 15 is 0 Å². The molecule has 5 nitrogen and oxygen atoms in total. The number of hydrogen-bond acceptors (Lipinski definition) is 5. The highest BCUT2D eigenvalue weighted by atomic mass is 32.1. The Labute approximate surface area is 133 Å². The molecule has 0 unspecified atom stereocenters.